The molecule has 2 amide bonds. The largest absolute Gasteiger partial charge is 0.489 e. The number of piperidine rings is 1. The predicted molar refractivity (Wildman–Crippen MR) is 118 cm³/mol. The van der Waals surface area contributed by atoms with Crippen LogP contribution >= 0.6 is 0 Å². The van der Waals surface area contributed by atoms with Crippen molar-refractivity contribution in [1.82, 2.24) is 15.4 Å². The summed E-state index contributed by atoms with van der Waals surface area (Å²) in [5.74, 6) is 1.60. The van der Waals surface area contributed by atoms with Gasteiger partial charge in [0.25, 0.3) is 5.91 Å². The second kappa shape index (κ2) is 10.5. The molecular formula is C24H33N3O4. The third-order valence-corrected chi connectivity index (χ3v) is 6.14. The first-order chi connectivity index (χ1) is 14.9. The lowest BCUT2D eigenvalue weighted by molar-refractivity contribution is -0.136. The molecule has 2 heterocycles. The Labute approximate surface area is 184 Å². The van der Waals surface area contributed by atoms with E-state index >= 15 is 0 Å². The number of carbonyl (C=O) groups excluding carboxylic acids is 2. The molecule has 3 rings (SSSR count). The van der Waals surface area contributed by atoms with Gasteiger partial charge in [-0.3, -0.25) is 9.59 Å². The van der Waals surface area contributed by atoms with Crippen molar-refractivity contribution in [2.45, 2.75) is 66.0 Å². The molecule has 0 radical (unpaired) electrons. The molecule has 1 aromatic heterocycles. The number of amides is 2. The van der Waals surface area contributed by atoms with E-state index in [0.717, 1.165) is 42.7 Å². The fraction of sp³-hybridized carbons (Fsp3) is 0.542. The summed E-state index contributed by atoms with van der Waals surface area (Å²) < 4.78 is 11.0. The van der Waals surface area contributed by atoms with Crippen LogP contribution < -0.4 is 10.1 Å². The van der Waals surface area contributed by atoms with E-state index in [1.807, 2.05) is 30.9 Å². The van der Waals surface area contributed by atoms with Gasteiger partial charge in [-0.15, -0.1) is 0 Å². The third kappa shape index (κ3) is 5.66. The highest BCUT2D eigenvalue weighted by Crippen LogP contribution is 2.20. The molecule has 1 aliphatic heterocycles. The van der Waals surface area contributed by atoms with Crippen molar-refractivity contribution < 1.29 is 18.8 Å². The van der Waals surface area contributed by atoms with Gasteiger partial charge >= 0.3 is 0 Å². The molecule has 0 saturated carbocycles. The first-order valence-corrected chi connectivity index (χ1v) is 11.2. The van der Waals surface area contributed by atoms with E-state index in [0.29, 0.717) is 31.0 Å². The van der Waals surface area contributed by atoms with Crippen LogP contribution in [0.1, 0.15) is 66.9 Å². The zero-order chi connectivity index (χ0) is 22.4. The van der Waals surface area contributed by atoms with E-state index in [2.05, 4.69) is 24.3 Å². The molecule has 1 saturated heterocycles. The van der Waals surface area contributed by atoms with Gasteiger partial charge < -0.3 is 19.5 Å². The van der Waals surface area contributed by atoms with Crippen molar-refractivity contribution >= 4 is 11.8 Å². The van der Waals surface area contributed by atoms with Crippen LogP contribution in [0.2, 0.25) is 0 Å². The monoisotopic (exact) mass is 427 g/mol. The number of aromatic nitrogens is 1. The van der Waals surface area contributed by atoms with Crippen molar-refractivity contribution in [2.75, 3.05) is 13.1 Å². The molecule has 0 unspecified atom stereocenters. The molecule has 1 aliphatic rings. The van der Waals surface area contributed by atoms with Gasteiger partial charge in [0.2, 0.25) is 5.91 Å². The lowest BCUT2D eigenvalue weighted by atomic mass is 9.98. The van der Waals surface area contributed by atoms with Crippen LogP contribution in [0.4, 0.5) is 0 Å². The summed E-state index contributed by atoms with van der Waals surface area (Å²) >= 11 is 0. The number of benzene rings is 1. The quantitative estimate of drug-likeness (QED) is 0.688. The molecule has 0 aliphatic carbocycles. The van der Waals surface area contributed by atoms with Crippen molar-refractivity contribution in [3.05, 3.63) is 46.8 Å². The maximum Gasteiger partial charge on any atom is 0.251 e. The van der Waals surface area contributed by atoms with Gasteiger partial charge in [0.15, 0.2) is 0 Å². The fourth-order valence-corrected chi connectivity index (χ4v) is 4.00. The lowest BCUT2D eigenvalue weighted by Crippen LogP contribution is -2.48. The number of aryl methyl sites for hydroxylation is 2. The summed E-state index contributed by atoms with van der Waals surface area (Å²) in [6.07, 6.45) is 3.31. The summed E-state index contributed by atoms with van der Waals surface area (Å²) in [7, 11) is 0. The molecule has 0 atom stereocenters. The molecule has 1 fully saturated rings. The van der Waals surface area contributed by atoms with Gasteiger partial charge in [-0.25, -0.2) is 0 Å². The number of nitrogens with one attached hydrogen (secondary N) is 1. The Balaban J connectivity index is 1.52. The molecule has 7 heteroatoms. The summed E-state index contributed by atoms with van der Waals surface area (Å²) in [4.78, 5) is 27.3. The zero-order valence-electron chi connectivity index (χ0n) is 18.9. The third-order valence-electron chi connectivity index (χ3n) is 6.14. The molecule has 31 heavy (non-hydrogen) atoms. The molecular weight excluding hydrogens is 394 g/mol. The first kappa shape index (κ1) is 22.8. The van der Waals surface area contributed by atoms with Crippen LogP contribution in [-0.2, 0) is 11.4 Å². The summed E-state index contributed by atoms with van der Waals surface area (Å²) in [5, 5.41) is 7.04. The van der Waals surface area contributed by atoms with E-state index in [-0.39, 0.29) is 23.8 Å². The van der Waals surface area contributed by atoms with Crippen LogP contribution in [0.25, 0.3) is 0 Å². The minimum Gasteiger partial charge on any atom is -0.489 e. The molecule has 1 N–H and O–H groups in total. The minimum absolute atomic E-state index is 0.0742. The van der Waals surface area contributed by atoms with E-state index in [9.17, 15) is 9.59 Å². The van der Waals surface area contributed by atoms with Crippen LogP contribution in [0.3, 0.4) is 0 Å². The maximum atomic E-state index is 12.8. The number of rotatable bonds is 8. The number of hydrogen-bond acceptors (Lipinski definition) is 5. The Morgan fingerprint density at radius 1 is 1.23 bits per heavy atom. The van der Waals surface area contributed by atoms with E-state index in [1.165, 1.54) is 0 Å². The molecule has 0 bridgehead atoms. The molecule has 1 aromatic carbocycles. The maximum absolute atomic E-state index is 12.8. The van der Waals surface area contributed by atoms with Crippen LogP contribution in [0.5, 0.6) is 5.75 Å². The number of nitrogens with zero attached hydrogens (tertiary/aromatic N) is 2. The van der Waals surface area contributed by atoms with Crippen molar-refractivity contribution in [3.8, 4) is 5.75 Å². The first-order valence-electron chi connectivity index (χ1n) is 11.2. The summed E-state index contributed by atoms with van der Waals surface area (Å²) in [5.41, 5.74) is 2.29. The Kier molecular flexibility index (Phi) is 7.71. The van der Waals surface area contributed by atoms with Crippen molar-refractivity contribution in [3.63, 3.8) is 0 Å². The second-order valence-electron chi connectivity index (χ2n) is 8.21. The van der Waals surface area contributed by atoms with Gasteiger partial charge in [-0.1, -0.05) is 25.1 Å². The average molecular weight is 428 g/mol. The number of hydrogen-bond donors (Lipinski definition) is 1. The Morgan fingerprint density at radius 2 is 1.94 bits per heavy atom. The van der Waals surface area contributed by atoms with Crippen LogP contribution in [0.15, 0.2) is 28.8 Å². The summed E-state index contributed by atoms with van der Waals surface area (Å²) in [6.45, 7) is 9.59. The van der Waals surface area contributed by atoms with Gasteiger partial charge in [0.1, 0.15) is 18.1 Å². The van der Waals surface area contributed by atoms with Gasteiger partial charge in [0, 0.05) is 30.6 Å². The highest BCUT2D eigenvalue weighted by molar-refractivity contribution is 5.94. The Hall–Kier alpha value is -2.83. The topological polar surface area (TPSA) is 84.7 Å². The standard InChI is InChI=1S/C24H33N3O4/c1-5-18(6-2)24(29)27-12-10-20(11-13-27)25-23(28)19-8-7-9-21(14-19)30-15-22-16(3)26-31-17(22)4/h7-9,14,18,20H,5-6,10-13,15H2,1-4H3,(H,25,28). The second-order valence-corrected chi connectivity index (χ2v) is 8.21. The van der Waals surface area contributed by atoms with Gasteiger partial charge in [-0.2, -0.15) is 0 Å². The lowest BCUT2D eigenvalue weighted by Gasteiger charge is -2.34. The van der Waals surface area contributed by atoms with Crippen LogP contribution in [-0.4, -0.2) is 41.0 Å². The number of ether oxygens (including phenoxy) is 1. The number of likely N-dealkylation sites (tertiary alicyclic amines) is 1. The van der Waals surface area contributed by atoms with Crippen LogP contribution in [0, 0.1) is 19.8 Å². The predicted octanol–water partition coefficient (Wildman–Crippen LogP) is 4.03. The molecule has 7 nitrogen and oxygen atoms in total. The SMILES string of the molecule is CCC(CC)C(=O)N1CCC(NC(=O)c2cccc(OCc3c(C)noc3C)c2)CC1. The molecule has 168 valence electrons. The average Bonchev–Trinajstić information content (AvgIpc) is 3.11. The van der Waals surface area contributed by atoms with E-state index < -0.39 is 0 Å². The van der Waals surface area contributed by atoms with E-state index in [4.69, 9.17) is 9.26 Å². The Bertz CT molecular complexity index is 876. The summed E-state index contributed by atoms with van der Waals surface area (Å²) in [6, 6.07) is 7.25. The van der Waals surface area contributed by atoms with Gasteiger partial charge in [0.05, 0.1) is 11.3 Å². The van der Waals surface area contributed by atoms with Crippen molar-refractivity contribution in [2.24, 2.45) is 5.92 Å². The molecule has 2 aromatic rings. The van der Waals surface area contributed by atoms with E-state index in [1.54, 1.807) is 12.1 Å². The zero-order valence-corrected chi connectivity index (χ0v) is 18.9. The smallest absolute Gasteiger partial charge is 0.251 e. The van der Waals surface area contributed by atoms with Gasteiger partial charge in [-0.05, 0) is 57.7 Å². The Morgan fingerprint density at radius 3 is 2.55 bits per heavy atom. The normalized spacial score (nSPS) is 14.7. The highest BCUT2D eigenvalue weighted by atomic mass is 16.5. The molecule has 0 spiro atoms. The highest BCUT2D eigenvalue weighted by Gasteiger charge is 2.27. The van der Waals surface area contributed by atoms with Crippen molar-refractivity contribution in [1.29, 1.82) is 0 Å². The number of carbonyl (C=O) groups is 2. The minimum atomic E-state index is -0.118. The fourth-order valence-electron chi connectivity index (χ4n) is 4.00.